The molecular formula is C58H36N2S. The Balaban J connectivity index is 1.01. The van der Waals surface area contributed by atoms with Crippen molar-refractivity contribution >= 4 is 63.8 Å². The highest BCUT2D eigenvalue weighted by Crippen LogP contribution is 2.42. The van der Waals surface area contributed by atoms with Gasteiger partial charge in [0.1, 0.15) is 0 Å². The quantitative estimate of drug-likeness (QED) is 0.124. The second-order valence-corrected chi connectivity index (χ2v) is 16.8. The van der Waals surface area contributed by atoms with Gasteiger partial charge < -0.3 is 0 Å². The smallest absolute Gasteiger partial charge is 0.160 e. The molecular weight excluding hydrogens is 757 g/mol. The van der Waals surface area contributed by atoms with Crippen molar-refractivity contribution in [1.82, 2.24) is 9.97 Å². The topological polar surface area (TPSA) is 25.8 Å². The molecule has 0 atom stereocenters. The summed E-state index contributed by atoms with van der Waals surface area (Å²) in [5.41, 5.74) is 11.9. The van der Waals surface area contributed by atoms with E-state index in [1.807, 2.05) is 11.3 Å². The Kier molecular flexibility index (Phi) is 8.39. The van der Waals surface area contributed by atoms with Crippen LogP contribution in [0.25, 0.3) is 120 Å². The summed E-state index contributed by atoms with van der Waals surface area (Å²) in [5, 5.41) is 10.1. The molecule has 3 heteroatoms. The van der Waals surface area contributed by atoms with E-state index in [0.29, 0.717) is 5.82 Å². The Morgan fingerprint density at radius 3 is 1.70 bits per heavy atom. The van der Waals surface area contributed by atoms with Crippen molar-refractivity contribution in [1.29, 1.82) is 0 Å². The number of hydrogen-bond donors (Lipinski definition) is 0. The molecule has 0 aliphatic rings. The standard InChI is InChI=1S/C58H36N2S/c1-2-12-37(13-3-1)38-22-28-42(29-23-38)58-59-53(36-54(60-58)48-19-9-8-17-46(48)44-31-33-56-52(35-44)49-20-10-11-21-55(49)61-56)40-24-26-41(27-25-40)57-47-18-7-5-15-43(47)34-51-45-16-6-4-14-39(45)30-32-50(51)57/h1-36H. The summed E-state index contributed by atoms with van der Waals surface area (Å²) >= 11 is 1.84. The number of hydrogen-bond acceptors (Lipinski definition) is 3. The van der Waals surface area contributed by atoms with Crippen LogP contribution in [0.15, 0.2) is 218 Å². The first-order chi connectivity index (χ1) is 30.2. The molecule has 0 radical (unpaired) electrons. The van der Waals surface area contributed by atoms with E-state index < -0.39 is 0 Å². The lowest BCUT2D eigenvalue weighted by Crippen LogP contribution is -1.97. The summed E-state index contributed by atoms with van der Waals surface area (Å²) in [4.78, 5) is 10.6. The Hall–Kier alpha value is -7.72. The SMILES string of the molecule is c1ccc(-c2ccc(-c3nc(-c4ccc(-c5c6ccccc6cc6c5ccc5ccccc56)cc4)cc(-c4ccccc4-c4ccc5sc6ccccc6c5c4)n3)cc2)cc1. The third-order valence-electron chi connectivity index (χ3n) is 12.1. The largest absolute Gasteiger partial charge is 0.228 e. The van der Waals surface area contributed by atoms with Crippen LogP contribution < -0.4 is 0 Å². The van der Waals surface area contributed by atoms with Crippen molar-refractivity contribution in [3.05, 3.63) is 218 Å². The number of benzene rings is 10. The van der Waals surface area contributed by atoms with E-state index in [2.05, 4.69) is 218 Å². The fraction of sp³-hybridized carbons (Fsp3) is 0. The third kappa shape index (κ3) is 6.18. The minimum atomic E-state index is 0.692. The molecule has 0 saturated heterocycles. The predicted octanol–water partition coefficient (Wildman–Crippen LogP) is 16.3. The maximum absolute atomic E-state index is 5.34. The molecule has 0 amide bonds. The lowest BCUT2D eigenvalue weighted by atomic mass is 9.89. The molecule has 2 aromatic heterocycles. The van der Waals surface area contributed by atoms with Gasteiger partial charge in [-0.15, -0.1) is 11.3 Å². The number of nitrogens with zero attached hydrogens (tertiary/aromatic N) is 2. The summed E-state index contributed by atoms with van der Waals surface area (Å²) in [6.45, 7) is 0. The third-order valence-corrected chi connectivity index (χ3v) is 13.3. The monoisotopic (exact) mass is 792 g/mol. The van der Waals surface area contributed by atoms with Crippen LogP contribution in [-0.2, 0) is 0 Å². The summed E-state index contributed by atoms with van der Waals surface area (Å²) in [6.07, 6.45) is 0. The normalized spacial score (nSPS) is 11.6. The molecule has 0 N–H and O–H groups in total. The zero-order valence-corrected chi connectivity index (χ0v) is 33.9. The van der Waals surface area contributed by atoms with Crippen LogP contribution in [0.1, 0.15) is 0 Å². The molecule has 0 saturated carbocycles. The fourth-order valence-electron chi connectivity index (χ4n) is 9.10. The molecule has 12 rings (SSSR count). The van der Waals surface area contributed by atoms with Crippen LogP contribution in [0.3, 0.4) is 0 Å². The minimum Gasteiger partial charge on any atom is -0.228 e. The molecule has 10 aromatic carbocycles. The summed E-state index contributed by atoms with van der Waals surface area (Å²) < 4.78 is 2.60. The maximum Gasteiger partial charge on any atom is 0.160 e. The molecule has 2 nitrogen and oxygen atoms in total. The summed E-state index contributed by atoms with van der Waals surface area (Å²) in [5.74, 6) is 0.692. The van der Waals surface area contributed by atoms with Gasteiger partial charge in [-0.05, 0) is 96.0 Å². The molecule has 0 unspecified atom stereocenters. The Morgan fingerprint density at radius 1 is 0.279 bits per heavy atom. The van der Waals surface area contributed by atoms with Gasteiger partial charge in [0, 0.05) is 36.9 Å². The van der Waals surface area contributed by atoms with Gasteiger partial charge in [0.05, 0.1) is 11.4 Å². The van der Waals surface area contributed by atoms with Crippen LogP contribution in [-0.4, -0.2) is 9.97 Å². The van der Waals surface area contributed by atoms with Crippen molar-refractivity contribution in [3.63, 3.8) is 0 Å². The van der Waals surface area contributed by atoms with E-state index in [9.17, 15) is 0 Å². The average molecular weight is 793 g/mol. The maximum atomic E-state index is 5.34. The van der Waals surface area contributed by atoms with Crippen LogP contribution in [0, 0.1) is 0 Å². The highest BCUT2D eigenvalue weighted by atomic mass is 32.1. The number of aromatic nitrogens is 2. The molecule has 284 valence electrons. The molecule has 0 aliphatic carbocycles. The second-order valence-electron chi connectivity index (χ2n) is 15.7. The first-order valence-electron chi connectivity index (χ1n) is 20.7. The Labute approximate surface area is 357 Å². The van der Waals surface area contributed by atoms with Gasteiger partial charge in [-0.1, -0.05) is 188 Å². The number of rotatable bonds is 6. The first-order valence-corrected chi connectivity index (χ1v) is 21.5. The van der Waals surface area contributed by atoms with Crippen molar-refractivity contribution in [2.45, 2.75) is 0 Å². The van der Waals surface area contributed by atoms with E-state index in [1.165, 1.54) is 74.7 Å². The van der Waals surface area contributed by atoms with E-state index in [1.54, 1.807) is 0 Å². The number of fused-ring (bicyclic) bond motifs is 7. The van der Waals surface area contributed by atoms with Gasteiger partial charge in [0.2, 0.25) is 0 Å². The van der Waals surface area contributed by atoms with E-state index in [4.69, 9.17) is 9.97 Å². The van der Waals surface area contributed by atoms with Gasteiger partial charge >= 0.3 is 0 Å². The van der Waals surface area contributed by atoms with Gasteiger partial charge in [0.15, 0.2) is 5.82 Å². The Bertz CT molecular complexity index is 3620. The molecule has 0 bridgehead atoms. The van der Waals surface area contributed by atoms with Gasteiger partial charge in [-0.2, -0.15) is 0 Å². The molecule has 61 heavy (non-hydrogen) atoms. The van der Waals surface area contributed by atoms with E-state index in [-0.39, 0.29) is 0 Å². The lowest BCUT2D eigenvalue weighted by Gasteiger charge is -2.15. The molecule has 0 aliphatic heterocycles. The highest BCUT2D eigenvalue weighted by Gasteiger charge is 2.17. The molecule has 2 heterocycles. The lowest BCUT2D eigenvalue weighted by molar-refractivity contribution is 1.18. The van der Waals surface area contributed by atoms with Crippen LogP contribution in [0.2, 0.25) is 0 Å². The van der Waals surface area contributed by atoms with E-state index in [0.717, 1.165) is 39.2 Å². The Morgan fingerprint density at radius 2 is 0.869 bits per heavy atom. The summed E-state index contributed by atoms with van der Waals surface area (Å²) in [7, 11) is 0. The van der Waals surface area contributed by atoms with Crippen molar-refractivity contribution in [3.8, 4) is 67.3 Å². The van der Waals surface area contributed by atoms with Crippen LogP contribution in [0.4, 0.5) is 0 Å². The second kappa shape index (κ2) is 14.5. The summed E-state index contributed by atoms with van der Waals surface area (Å²) in [6, 6.07) is 78.7. The minimum absolute atomic E-state index is 0.692. The van der Waals surface area contributed by atoms with Crippen LogP contribution >= 0.6 is 11.3 Å². The first kappa shape index (κ1) is 35.2. The molecule has 0 fully saturated rings. The average Bonchev–Trinajstić information content (AvgIpc) is 3.71. The van der Waals surface area contributed by atoms with Crippen LogP contribution in [0.5, 0.6) is 0 Å². The van der Waals surface area contributed by atoms with Crippen molar-refractivity contribution in [2.24, 2.45) is 0 Å². The van der Waals surface area contributed by atoms with Crippen molar-refractivity contribution in [2.75, 3.05) is 0 Å². The van der Waals surface area contributed by atoms with E-state index >= 15 is 0 Å². The van der Waals surface area contributed by atoms with Gasteiger partial charge in [0.25, 0.3) is 0 Å². The highest BCUT2D eigenvalue weighted by molar-refractivity contribution is 7.25. The number of thiophene rings is 1. The fourth-order valence-corrected chi connectivity index (χ4v) is 10.2. The molecule has 0 spiro atoms. The zero-order chi connectivity index (χ0) is 40.3. The van der Waals surface area contributed by atoms with Crippen molar-refractivity contribution < 1.29 is 0 Å². The zero-order valence-electron chi connectivity index (χ0n) is 33.1. The molecule has 12 aromatic rings. The predicted molar refractivity (Wildman–Crippen MR) is 260 cm³/mol. The van der Waals surface area contributed by atoms with Gasteiger partial charge in [-0.25, -0.2) is 9.97 Å². The van der Waals surface area contributed by atoms with Gasteiger partial charge in [-0.3, -0.25) is 0 Å².